The van der Waals surface area contributed by atoms with Crippen LogP contribution in [0.5, 0.6) is 0 Å². The van der Waals surface area contributed by atoms with Gasteiger partial charge >= 0.3 is 6.03 Å². The van der Waals surface area contributed by atoms with Crippen molar-refractivity contribution < 1.29 is 9.59 Å². The Morgan fingerprint density at radius 2 is 2.15 bits per heavy atom. The van der Waals surface area contributed by atoms with Crippen LogP contribution in [0, 0.1) is 5.92 Å². The average molecular weight is 388 g/mol. The van der Waals surface area contributed by atoms with E-state index in [2.05, 4.69) is 29.2 Å². The van der Waals surface area contributed by atoms with Crippen molar-refractivity contribution in [1.82, 2.24) is 19.7 Å². The summed E-state index contributed by atoms with van der Waals surface area (Å²) < 4.78 is 1.69. The van der Waals surface area contributed by atoms with E-state index in [1.165, 1.54) is 4.88 Å². The Morgan fingerprint density at radius 3 is 2.78 bits per heavy atom. The molecule has 3 heterocycles. The molecule has 0 saturated carbocycles. The summed E-state index contributed by atoms with van der Waals surface area (Å²) in [6.45, 7) is 5.10. The monoisotopic (exact) mass is 388 g/mol. The molecule has 8 nitrogen and oxygen atoms in total. The molecule has 1 aliphatic heterocycles. The smallest absolute Gasteiger partial charge is 0.323 e. The van der Waals surface area contributed by atoms with E-state index in [1.54, 1.807) is 27.1 Å². The number of rotatable bonds is 3. The van der Waals surface area contributed by atoms with E-state index >= 15 is 0 Å². The third-order valence-electron chi connectivity index (χ3n) is 5.65. The minimum Gasteiger partial charge on any atom is -0.369 e. The van der Waals surface area contributed by atoms with Crippen molar-refractivity contribution in [1.29, 1.82) is 0 Å². The number of aromatic nitrogens is 3. The van der Waals surface area contributed by atoms with Gasteiger partial charge in [0, 0.05) is 42.5 Å². The molecule has 3 amide bonds. The fourth-order valence-corrected chi connectivity index (χ4v) is 5.18. The zero-order chi connectivity index (χ0) is 19.3. The van der Waals surface area contributed by atoms with Crippen LogP contribution in [0.2, 0.25) is 0 Å². The van der Waals surface area contributed by atoms with Crippen molar-refractivity contribution in [3.63, 3.8) is 0 Å². The highest BCUT2D eigenvalue weighted by atomic mass is 32.1. The molecule has 4 rings (SSSR count). The number of hydrogen-bond acceptors (Lipinski definition) is 5. The van der Waals surface area contributed by atoms with Crippen LogP contribution >= 0.6 is 11.3 Å². The van der Waals surface area contributed by atoms with Crippen molar-refractivity contribution in [2.24, 2.45) is 18.7 Å². The number of nitrogens with one attached hydrogen (secondary N) is 1. The molecule has 2 aromatic heterocycles. The van der Waals surface area contributed by atoms with Gasteiger partial charge in [-0.05, 0) is 18.4 Å². The molecule has 3 N–H and O–H groups in total. The Balaban J connectivity index is 1.49. The fourth-order valence-electron chi connectivity index (χ4n) is 4.05. The lowest BCUT2D eigenvalue weighted by molar-refractivity contribution is -0.121. The SMILES string of the molecule is Cn1cc([C@H]2CN(C(=O)Nc3nc4c(s3)CCC4(C)C)C[C@@H]2C(N)=O)cn1. The number of nitrogens with two attached hydrogens (primary N) is 1. The molecule has 2 aliphatic rings. The van der Waals surface area contributed by atoms with Crippen molar-refractivity contribution >= 4 is 28.4 Å². The maximum absolute atomic E-state index is 12.8. The van der Waals surface area contributed by atoms with Gasteiger partial charge in [0.2, 0.25) is 5.91 Å². The zero-order valence-electron chi connectivity index (χ0n) is 15.7. The highest BCUT2D eigenvalue weighted by Crippen LogP contribution is 2.42. The molecule has 0 aromatic carbocycles. The number of fused-ring (bicyclic) bond motifs is 1. The molecular formula is C18H24N6O2S. The number of likely N-dealkylation sites (tertiary alicyclic amines) is 1. The van der Waals surface area contributed by atoms with E-state index in [4.69, 9.17) is 5.73 Å². The van der Waals surface area contributed by atoms with Gasteiger partial charge in [-0.1, -0.05) is 13.8 Å². The first-order valence-electron chi connectivity index (χ1n) is 9.08. The number of carbonyl (C=O) groups is 2. The van der Waals surface area contributed by atoms with Crippen LogP contribution in [0.15, 0.2) is 12.4 Å². The summed E-state index contributed by atoms with van der Waals surface area (Å²) in [5.74, 6) is -0.948. The number of thiazole rings is 1. The second-order valence-electron chi connectivity index (χ2n) is 8.07. The van der Waals surface area contributed by atoms with Gasteiger partial charge in [-0.2, -0.15) is 5.10 Å². The Labute approximate surface area is 161 Å². The largest absolute Gasteiger partial charge is 0.369 e. The third-order valence-corrected chi connectivity index (χ3v) is 6.69. The van der Waals surface area contributed by atoms with Crippen molar-refractivity contribution in [2.75, 3.05) is 18.4 Å². The summed E-state index contributed by atoms with van der Waals surface area (Å²) in [6.07, 6.45) is 5.70. The fraction of sp³-hybridized carbons (Fsp3) is 0.556. The molecule has 2 atom stereocenters. The Morgan fingerprint density at radius 1 is 1.37 bits per heavy atom. The van der Waals surface area contributed by atoms with Crippen LogP contribution in [0.1, 0.15) is 42.3 Å². The number of anilines is 1. The van der Waals surface area contributed by atoms with Gasteiger partial charge < -0.3 is 10.6 Å². The van der Waals surface area contributed by atoms with Crippen molar-refractivity contribution in [2.45, 2.75) is 38.0 Å². The topological polar surface area (TPSA) is 106 Å². The van der Waals surface area contributed by atoms with Gasteiger partial charge in [-0.25, -0.2) is 9.78 Å². The number of aryl methyl sites for hydroxylation is 2. The maximum Gasteiger partial charge on any atom is 0.323 e. The van der Waals surface area contributed by atoms with Gasteiger partial charge in [0.1, 0.15) is 0 Å². The summed E-state index contributed by atoms with van der Waals surface area (Å²) in [7, 11) is 1.82. The number of hydrogen-bond donors (Lipinski definition) is 2. The van der Waals surface area contributed by atoms with Crippen LogP contribution in [-0.4, -0.2) is 44.7 Å². The standard InChI is InChI=1S/C18H24N6O2S/c1-18(2)5-4-13-14(18)21-16(27-13)22-17(26)24-8-11(12(9-24)15(19)25)10-6-20-23(3)7-10/h6-7,11-12H,4-5,8-9H2,1-3H3,(H2,19,25)(H,21,22,26)/t11-,12+/m1/s1. The second kappa shape index (κ2) is 6.33. The minimum absolute atomic E-state index is 0.0604. The van der Waals surface area contributed by atoms with E-state index in [1.807, 2.05) is 13.2 Å². The van der Waals surface area contributed by atoms with Gasteiger partial charge in [0.25, 0.3) is 0 Å². The molecule has 1 fully saturated rings. The first-order valence-corrected chi connectivity index (χ1v) is 9.90. The van der Waals surface area contributed by atoms with Gasteiger partial charge in [-0.3, -0.25) is 14.8 Å². The lowest BCUT2D eigenvalue weighted by Crippen LogP contribution is -2.34. The Bertz CT molecular complexity index is 902. The van der Waals surface area contributed by atoms with Gasteiger partial charge in [0.15, 0.2) is 5.13 Å². The molecule has 2 aromatic rings. The molecule has 0 radical (unpaired) electrons. The summed E-state index contributed by atoms with van der Waals surface area (Å²) in [6, 6.07) is -0.238. The highest BCUT2D eigenvalue weighted by Gasteiger charge is 2.40. The van der Waals surface area contributed by atoms with E-state index < -0.39 is 11.8 Å². The number of carbonyl (C=O) groups excluding carboxylic acids is 2. The molecule has 0 spiro atoms. The van der Waals surface area contributed by atoms with Crippen LogP contribution in [0.4, 0.5) is 9.93 Å². The van der Waals surface area contributed by atoms with Crippen LogP contribution < -0.4 is 11.1 Å². The predicted molar refractivity (Wildman–Crippen MR) is 103 cm³/mol. The minimum atomic E-state index is -0.416. The van der Waals surface area contributed by atoms with Crippen LogP contribution in [0.3, 0.4) is 0 Å². The Kier molecular flexibility index (Phi) is 4.21. The van der Waals surface area contributed by atoms with Crippen LogP contribution in [0.25, 0.3) is 0 Å². The summed E-state index contributed by atoms with van der Waals surface area (Å²) >= 11 is 1.54. The number of amides is 3. The third kappa shape index (κ3) is 3.20. The molecule has 0 bridgehead atoms. The van der Waals surface area contributed by atoms with Crippen LogP contribution in [-0.2, 0) is 23.7 Å². The highest BCUT2D eigenvalue weighted by molar-refractivity contribution is 7.16. The van der Waals surface area contributed by atoms with Crippen molar-refractivity contribution in [3.05, 3.63) is 28.5 Å². The summed E-state index contributed by atoms with van der Waals surface area (Å²) in [5, 5.41) is 7.70. The van der Waals surface area contributed by atoms with Gasteiger partial charge in [-0.15, -0.1) is 11.3 Å². The molecule has 27 heavy (non-hydrogen) atoms. The molecule has 1 saturated heterocycles. The normalized spacial score (nSPS) is 23.4. The first kappa shape index (κ1) is 18.0. The molecule has 1 aliphatic carbocycles. The number of urea groups is 1. The zero-order valence-corrected chi connectivity index (χ0v) is 16.5. The Hall–Kier alpha value is -2.42. The number of primary amides is 1. The summed E-state index contributed by atoms with van der Waals surface area (Å²) in [4.78, 5) is 32.2. The van der Waals surface area contributed by atoms with E-state index in [9.17, 15) is 9.59 Å². The number of nitrogens with zero attached hydrogens (tertiary/aromatic N) is 4. The predicted octanol–water partition coefficient (Wildman–Crippen LogP) is 1.83. The first-order chi connectivity index (χ1) is 12.7. The quantitative estimate of drug-likeness (QED) is 0.836. The maximum atomic E-state index is 12.8. The van der Waals surface area contributed by atoms with E-state index in [-0.39, 0.29) is 17.4 Å². The van der Waals surface area contributed by atoms with E-state index in [0.29, 0.717) is 18.2 Å². The lowest BCUT2D eigenvalue weighted by Gasteiger charge is -2.17. The molecule has 144 valence electrons. The molecule has 9 heteroatoms. The lowest BCUT2D eigenvalue weighted by atomic mass is 9.90. The van der Waals surface area contributed by atoms with Crippen molar-refractivity contribution in [3.8, 4) is 0 Å². The molecule has 0 unspecified atom stereocenters. The molecular weight excluding hydrogens is 364 g/mol. The summed E-state index contributed by atoms with van der Waals surface area (Å²) in [5.41, 5.74) is 7.66. The second-order valence-corrected chi connectivity index (χ2v) is 9.16. The average Bonchev–Trinajstić information content (AvgIpc) is 3.32. The van der Waals surface area contributed by atoms with E-state index in [0.717, 1.165) is 24.1 Å². The van der Waals surface area contributed by atoms with Gasteiger partial charge in [0.05, 0.1) is 17.8 Å².